The lowest BCUT2D eigenvalue weighted by atomic mass is 10.1. The van der Waals surface area contributed by atoms with E-state index in [1.165, 1.54) is 5.56 Å². The molecule has 0 aliphatic carbocycles. The Morgan fingerprint density at radius 2 is 1.72 bits per heavy atom. The molecule has 0 unspecified atom stereocenters. The highest BCUT2D eigenvalue weighted by molar-refractivity contribution is 5.99. The van der Waals surface area contributed by atoms with Crippen molar-refractivity contribution in [3.63, 3.8) is 0 Å². The molecule has 4 aromatic rings. The van der Waals surface area contributed by atoms with Gasteiger partial charge in [0.05, 0.1) is 24.0 Å². The first-order valence-electron chi connectivity index (χ1n) is 9.39. The number of amides is 1. The maximum Gasteiger partial charge on any atom is 0.254 e. The van der Waals surface area contributed by atoms with E-state index < -0.39 is 0 Å². The number of carbonyl (C=O) groups is 1. The molecule has 4 rings (SSSR count). The van der Waals surface area contributed by atoms with Crippen LogP contribution in [0.5, 0.6) is 0 Å². The first-order valence-corrected chi connectivity index (χ1v) is 9.39. The number of carbonyl (C=O) groups excluding carboxylic acids is 1. The Bertz CT molecular complexity index is 1120. The summed E-state index contributed by atoms with van der Waals surface area (Å²) in [7, 11) is 1.76. The van der Waals surface area contributed by atoms with Crippen molar-refractivity contribution in [1.82, 2.24) is 14.9 Å². The smallest absolute Gasteiger partial charge is 0.254 e. The van der Waals surface area contributed by atoms with Gasteiger partial charge in [-0.25, -0.2) is 4.98 Å². The van der Waals surface area contributed by atoms with Crippen LogP contribution in [0.25, 0.3) is 22.8 Å². The highest BCUT2D eigenvalue weighted by Gasteiger charge is 2.20. The molecular weight excluding hydrogens is 362 g/mol. The molecule has 0 saturated heterocycles. The number of pyridine rings is 1. The summed E-state index contributed by atoms with van der Waals surface area (Å²) >= 11 is 0. The molecule has 0 radical (unpaired) electrons. The van der Waals surface area contributed by atoms with Crippen molar-refractivity contribution in [2.45, 2.75) is 13.5 Å². The van der Waals surface area contributed by atoms with Crippen molar-refractivity contribution < 1.29 is 9.21 Å². The molecular formula is C24H21N3O2. The average molecular weight is 383 g/mol. The van der Waals surface area contributed by atoms with Crippen molar-refractivity contribution in [2.24, 2.45) is 0 Å². The Balaban J connectivity index is 1.62. The fraction of sp³-hybridized carbons (Fsp3) is 0.125. The maximum absolute atomic E-state index is 13.1. The summed E-state index contributed by atoms with van der Waals surface area (Å²) < 4.78 is 5.99. The van der Waals surface area contributed by atoms with Crippen LogP contribution in [-0.4, -0.2) is 27.8 Å². The number of aryl methyl sites for hydroxylation is 1. The zero-order chi connectivity index (χ0) is 20.2. The first-order chi connectivity index (χ1) is 14.1. The summed E-state index contributed by atoms with van der Waals surface area (Å²) in [5.74, 6) is 0.987. The van der Waals surface area contributed by atoms with Crippen molar-refractivity contribution in [1.29, 1.82) is 0 Å². The van der Waals surface area contributed by atoms with Crippen LogP contribution in [0.1, 0.15) is 21.6 Å². The second kappa shape index (κ2) is 8.10. The van der Waals surface area contributed by atoms with E-state index in [0.717, 1.165) is 11.3 Å². The van der Waals surface area contributed by atoms with Gasteiger partial charge >= 0.3 is 0 Å². The number of hydrogen-bond acceptors (Lipinski definition) is 4. The monoisotopic (exact) mass is 383 g/mol. The Labute approximate surface area is 169 Å². The van der Waals surface area contributed by atoms with E-state index in [2.05, 4.69) is 9.97 Å². The molecule has 2 aromatic heterocycles. The molecule has 144 valence electrons. The van der Waals surface area contributed by atoms with Gasteiger partial charge in [0.2, 0.25) is 5.89 Å². The lowest BCUT2D eigenvalue weighted by Gasteiger charge is -2.18. The fourth-order valence-corrected chi connectivity index (χ4v) is 3.12. The quantitative estimate of drug-likeness (QED) is 0.487. The Morgan fingerprint density at radius 3 is 2.48 bits per heavy atom. The standard InChI is InChI=1S/C24H21N3O2/c1-17-10-12-18(13-11-17)22-15-26-23(29-22)20-8-3-4-9-21(20)24(28)27(2)16-19-7-5-6-14-25-19/h3-15H,16H2,1-2H3. The Kier molecular flexibility index (Phi) is 5.20. The molecule has 5 nitrogen and oxygen atoms in total. The van der Waals surface area contributed by atoms with E-state index in [0.29, 0.717) is 29.3 Å². The summed E-state index contributed by atoms with van der Waals surface area (Å²) in [6.45, 7) is 2.47. The Hall–Kier alpha value is -3.73. The van der Waals surface area contributed by atoms with Crippen molar-refractivity contribution in [3.05, 3.63) is 95.9 Å². The van der Waals surface area contributed by atoms with Gasteiger partial charge < -0.3 is 9.32 Å². The van der Waals surface area contributed by atoms with E-state index in [4.69, 9.17) is 4.42 Å². The first kappa shape index (κ1) is 18.6. The lowest BCUT2D eigenvalue weighted by molar-refractivity contribution is 0.0784. The SMILES string of the molecule is Cc1ccc(-c2cnc(-c3ccccc3C(=O)N(C)Cc3ccccn3)o2)cc1. The van der Waals surface area contributed by atoms with Gasteiger partial charge in [0, 0.05) is 24.4 Å². The third kappa shape index (κ3) is 4.09. The van der Waals surface area contributed by atoms with Gasteiger partial charge in [0.15, 0.2) is 5.76 Å². The number of rotatable bonds is 5. The Morgan fingerprint density at radius 1 is 0.966 bits per heavy atom. The number of benzene rings is 2. The summed E-state index contributed by atoms with van der Waals surface area (Å²) in [6.07, 6.45) is 3.42. The zero-order valence-electron chi connectivity index (χ0n) is 16.4. The van der Waals surface area contributed by atoms with Crippen molar-refractivity contribution >= 4 is 5.91 Å². The van der Waals surface area contributed by atoms with Crippen molar-refractivity contribution in [2.75, 3.05) is 7.05 Å². The minimum atomic E-state index is -0.110. The van der Waals surface area contributed by atoms with E-state index in [1.54, 1.807) is 30.4 Å². The van der Waals surface area contributed by atoms with E-state index in [9.17, 15) is 4.79 Å². The third-order valence-corrected chi connectivity index (χ3v) is 4.70. The number of nitrogens with zero attached hydrogens (tertiary/aromatic N) is 3. The molecule has 0 bridgehead atoms. The summed E-state index contributed by atoms with van der Waals surface area (Å²) in [5, 5.41) is 0. The number of oxazole rings is 1. The van der Waals surface area contributed by atoms with Gasteiger partial charge in [-0.05, 0) is 31.2 Å². The van der Waals surface area contributed by atoms with Crippen LogP contribution in [0.3, 0.4) is 0 Å². The molecule has 0 saturated carbocycles. The maximum atomic E-state index is 13.1. The molecule has 29 heavy (non-hydrogen) atoms. The molecule has 0 spiro atoms. The molecule has 2 heterocycles. The number of aromatic nitrogens is 2. The predicted molar refractivity (Wildman–Crippen MR) is 112 cm³/mol. The molecule has 5 heteroatoms. The number of hydrogen-bond donors (Lipinski definition) is 0. The van der Waals surface area contributed by atoms with Gasteiger partial charge in [0.1, 0.15) is 0 Å². The van der Waals surface area contributed by atoms with Crippen LogP contribution in [-0.2, 0) is 6.54 Å². The van der Waals surface area contributed by atoms with E-state index >= 15 is 0 Å². The largest absolute Gasteiger partial charge is 0.436 e. The minimum Gasteiger partial charge on any atom is -0.436 e. The highest BCUT2D eigenvalue weighted by Crippen LogP contribution is 2.29. The van der Waals surface area contributed by atoms with Crippen LogP contribution in [0, 0.1) is 6.92 Å². The van der Waals surface area contributed by atoms with Gasteiger partial charge in [-0.1, -0.05) is 48.0 Å². The fourth-order valence-electron chi connectivity index (χ4n) is 3.12. The van der Waals surface area contributed by atoms with Crippen LogP contribution < -0.4 is 0 Å². The highest BCUT2D eigenvalue weighted by atomic mass is 16.4. The van der Waals surface area contributed by atoms with Crippen LogP contribution in [0.4, 0.5) is 0 Å². The van der Waals surface area contributed by atoms with Crippen LogP contribution in [0.2, 0.25) is 0 Å². The second-order valence-electron chi connectivity index (χ2n) is 6.92. The van der Waals surface area contributed by atoms with Gasteiger partial charge in [-0.15, -0.1) is 0 Å². The van der Waals surface area contributed by atoms with Gasteiger partial charge in [0.25, 0.3) is 5.91 Å². The molecule has 0 fully saturated rings. The third-order valence-electron chi connectivity index (χ3n) is 4.70. The van der Waals surface area contributed by atoms with Crippen molar-refractivity contribution in [3.8, 4) is 22.8 Å². The summed E-state index contributed by atoms with van der Waals surface area (Å²) in [5.41, 5.74) is 4.18. The lowest BCUT2D eigenvalue weighted by Crippen LogP contribution is -2.27. The molecule has 0 aliphatic heterocycles. The molecule has 0 N–H and O–H groups in total. The average Bonchev–Trinajstić information content (AvgIpc) is 3.24. The minimum absolute atomic E-state index is 0.110. The van der Waals surface area contributed by atoms with Crippen LogP contribution in [0.15, 0.2) is 83.5 Å². The van der Waals surface area contributed by atoms with Crippen LogP contribution >= 0.6 is 0 Å². The molecule has 0 atom stereocenters. The molecule has 0 aliphatic rings. The normalized spacial score (nSPS) is 10.7. The van der Waals surface area contributed by atoms with E-state index in [1.807, 2.05) is 67.6 Å². The zero-order valence-corrected chi connectivity index (χ0v) is 16.4. The molecule has 2 aromatic carbocycles. The van der Waals surface area contributed by atoms with E-state index in [-0.39, 0.29) is 5.91 Å². The summed E-state index contributed by atoms with van der Waals surface area (Å²) in [6, 6.07) is 21.1. The topological polar surface area (TPSA) is 59.2 Å². The van der Waals surface area contributed by atoms with Gasteiger partial charge in [-0.3, -0.25) is 9.78 Å². The van der Waals surface area contributed by atoms with Gasteiger partial charge in [-0.2, -0.15) is 0 Å². The molecule has 1 amide bonds. The predicted octanol–water partition coefficient (Wildman–Crippen LogP) is 4.98. The second-order valence-corrected chi connectivity index (χ2v) is 6.92. The summed E-state index contributed by atoms with van der Waals surface area (Å²) in [4.78, 5) is 23.4.